The molecule has 10 heteroatoms. The number of carbonyl (C=O) groups is 1. The largest absolute Gasteiger partial charge is 0.370 e. The lowest BCUT2D eigenvalue weighted by Gasteiger charge is -2.28. The number of carbonyl (C=O) groups excluding carboxylic acids is 1. The zero-order chi connectivity index (χ0) is 24.5. The van der Waals surface area contributed by atoms with Crippen molar-refractivity contribution in [2.24, 2.45) is 0 Å². The Bertz CT molecular complexity index is 1550. The van der Waals surface area contributed by atoms with E-state index in [0.717, 1.165) is 52.9 Å². The lowest BCUT2D eigenvalue weighted by molar-refractivity contribution is -0.116. The van der Waals surface area contributed by atoms with E-state index in [-0.39, 0.29) is 5.91 Å². The van der Waals surface area contributed by atoms with Crippen LogP contribution in [0.2, 0.25) is 0 Å². The van der Waals surface area contributed by atoms with E-state index in [2.05, 4.69) is 40.3 Å². The first-order valence-electron chi connectivity index (χ1n) is 12.4. The quantitative estimate of drug-likeness (QED) is 0.321. The van der Waals surface area contributed by atoms with Gasteiger partial charge in [0, 0.05) is 49.2 Å². The highest BCUT2D eigenvalue weighted by molar-refractivity contribution is 5.95. The maximum Gasteiger partial charge on any atom is 0.224 e. The number of pyridine rings is 3. The first-order valence-corrected chi connectivity index (χ1v) is 12.4. The maximum absolute atomic E-state index is 12.0. The Morgan fingerprint density at radius 2 is 1.92 bits per heavy atom. The van der Waals surface area contributed by atoms with Gasteiger partial charge in [-0.05, 0) is 43.9 Å². The second kappa shape index (κ2) is 9.37. The van der Waals surface area contributed by atoms with Gasteiger partial charge in [-0.25, -0.2) is 15.0 Å². The van der Waals surface area contributed by atoms with Gasteiger partial charge in [0.15, 0.2) is 17.1 Å². The molecule has 0 atom stereocenters. The summed E-state index contributed by atoms with van der Waals surface area (Å²) in [7, 11) is 0. The van der Waals surface area contributed by atoms with Gasteiger partial charge in [-0.15, -0.1) is 0 Å². The van der Waals surface area contributed by atoms with E-state index < -0.39 is 0 Å². The average Bonchev–Trinajstić information content (AvgIpc) is 3.53. The number of rotatable bonds is 6. The van der Waals surface area contributed by atoms with Gasteiger partial charge in [-0.1, -0.05) is 6.92 Å². The molecule has 10 nitrogen and oxygen atoms in total. The smallest absolute Gasteiger partial charge is 0.224 e. The van der Waals surface area contributed by atoms with Crippen molar-refractivity contribution >= 4 is 39.5 Å². The number of amides is 1. The van der Waals surface area contributed by atoms with Crippen LogP contribution in [0.25, 0.3) is 44.8 Å². The molecule has 0 spiro atoms. The van der Waals surface area contributed by atoms with Crippen LogP contribution in [0.4, 0.5) is 11.4 Å². The Labute approximate surface area is 207 Å². The molecule has 5 aromatic heterocycles. The minimum atomic E-state index is -0.0236. The standard InChI is InChI=1S/C26H27N9O/c1-2-6-21(36)30-18-11-16(13-27-15-18)17-12-19-22(33-34-24(19)29-14-17)26-31-23-20(7-8-28-25(23)32-26)35-9-4-3-5-10-35/h7-8,11-15H,2-6,9-10H2,1H3,(H,30,36)(H,28,31,32)(H,29,33,34). The monoisotopic (exact) mass is 481 g/mol. The Morgan fingerprint density at radius 1 is 1.06 bits per heavy atom. The molecule has 1 saturated heterocycles. The van der Waals surface area contributed by atoms with Crippen molar-refractivity contribution in [2.45, 2.75) is 39.0 Å². The molecule has 1 amide bonds. The molecule has 0 radical (unpaired) electrons. The fourth-order valence-corrected chi connectivity index (χ4v) is 4.76. The number of aromatic amines is 2. The lowest BCUT2D eigenvalue weighted by atomic mass is 10.1. The number of hydrogen-bond donors (Lipinski definition) is 3. The van der Waals surface area contributed by atoms with Crippen LogP contribution in [-0.2, 0) is 4.79 Å². The molecule has 0 bridgehead atoms. The summed E-state index contributed by atoms with van der Waals surface area (Å²) in [5, 5.41) is 11.3. The van der Waals surface area contributed by atoms with E-state index in [9.17, 15) is 4.79 Å². The second-order valence-electron chi connectivity index (χ2n) is 9.11. The third kappa shape index (κ3) is 4.15. The zero-order valence-electron chi connectivity index (χ0n) is 20.1. The number of piperidine rings is 1. The third-order valence-corrected chi connectivity index (χ3v) is 6.53. The highest BCUT2D eigenvalue weighted by Crippen LogP contribution is 2.32. The molecule has 36 heavy (non-hydrogen) atoms. The molecule has 0 aliphatic carbocycles. The molecule has 6 heterocycles. The van der Waals surface area contributed by atoms with Gasteiger partial charge >= 0.3 is 0 Å². The Balaban J connectivity index is 1.37. The fourth-order valence-electron chi connectivity index (χ4n) is 4.76. The highest BCUT2D eigenvalue weighted by atomic mass is 16.1. The summed E-state index contributed by atoms with van der Waals surface area (Å²) in [6.07, 6.45) is 11.9. The van der Waals surface area contributed by atoms with Crippen molar-refractivity contribution in [2.75, 3.05) is 23.3 Å². The first kappa shape index (κ1) is 22.1. The van der Waals surface area contributed by atoms with Crippen LogP contribution in [-0.4, -0.2) is 54.1 Å². The normalized spacial score (nSPS) is 14.0. The van der Waals surface area contributed by atoms with Crippen molar-refractivity contribution in [3.8, 4) is 22.6 Å². The number of hydrogen-bond acceptors (Lipinski definition) is 7. The van der Waals surface area contributed by atoms with Crippen molar-refractivity contribution in [3.05, 3.63) is 43.0 Å². The minimum absolute atomic E-state index is 0.0236. The molecule has 0 unspecified atom stereocenters. The predicted molar refractivity (Wildman–Crippen MR) is 140 cm³/mol. The summed E-state index contributed by atoms with van der Waals surface area (Å²) in [6, 6.07) is 5.96. The predicted octanol–water partition coefficient (Wildman–Crippen LogP) is 4.69. The third-order valence-electron chi connectivity index (χ3n) is 6.53. The van der Waals surface area contributed by atoms with E-state index >= 15 is 0 Å². The molecular formula is C26H27N9O. The van der Waals surface area contributed by atoms with Crippen molar-refractivity contribution in [3.63, 3.8) is 0 Å². The molecule has 182 valence electrons. The van der Waals surface area contributed by atoms with Crippen LogP contribution in [0.1, 0.15) is 39.0 Å². The fraction of sp³-hybridized carbons (Fsp3) is 0.308. The molecular weight excluding hydrogens is 454 g/mol. The van der Waals surface area contributed by atoms with E-state index in [1.54, 1.807) is 18.6 Å². The van der Waals surface area contributed by atoms with Gasteiger partial charge in [0.1, 0.15) is 11.2 Å². The number of H-pyrrole nitrogens is 2. The summed E-state index contributed by atoms with van der Waals surface area (Å²) in [5.74, 6) is 0.621. The van der Waals surface area contributed by atoms with E-state index in [1.165, 1.54) is 19.3 Å². The van der Waals surface area contributed by atoms with Crippen LogP contribution in [0, 0.1) is 0 Å². The van der Waals surface area contributed by atoms with E-state index in [4.69, 9.17) is 4.98 Å². The van der Waals surface area contributed by atoms with Crippen LogP contribution in [0.3, 0.4) is 0 Å². The van der Waals surface area contributed by atoms with Gasteiger partial charge in [-0.2, -0.15) is 5.10 Å². The summed E-state index contributed by atoms with van der Waals surface area (Å²) >= 11 is 0. The number of fused-ring (bicyclic) bond motifs is 2. The Morgan fingerprint density at radius 3 is 2.78 bits per heavy atom. The van der Waals surface area contributed by atoms with Gasteiger partial charge < -0.3 is 15.2 Å². The van der Waals surface area contributed by atoms with Gasteiger partial charge in [-0.3, -0.25) is 14.9 Å². The number of nitrogens with one attached hydrogen (secondary N) is 3. The molecule has 1 fully saturated rings. The van der Waals surface area contributed by atoms with Crippen LogP contribution in [0.5, 0.6) is 0 Å². The summed E-state index contributed by atoms with van der Waals surface area (Å²) < 4.78 is 0. The Hall–Kier alpha value is -4.34. The molecule has 0 aromatic carbocycles. The number of aromatic nitrogens is 7. The lowest BCUT2D eigenvalue weighted by Crippen LogP contribution is -2.29. The van der Waals surface area contributed by atoms with E-state index in [1.807, 2.05) is 31.3 Å². The minimum Gasteiger partial charge on any atom is -0.370 e. The van der Waals surface area contributed by atoms with Crippen molar-refractivity contribution < 1.29 is 4.79 Å². The zero-order valence-corrected chi connectivity index (χ0v) is 20.1. The number of imidazole rings is 1. The van der Waals surface area contributed by atoms with Crippen molar-refractivity contribution in [1.82, 2.24) is 35.1 Å². The maximum atomic E-state index is 12.0. The number of anilines is 2. The van der Waals surface area contributed by atoms with Gasteiger partial charge in [0.25, 0.3) is 0 Å². The van der Waals surface area contributed by atoms with Crippen LogP contribution < -0.4 is 10.2 Å². The summed E-state index contributed by atoms with van der Waals surface area (Å²) in [4.78, 5) is 36.1. The Kier molecular flexibility index (Phi) is 5.76. The molecule has 6 rings (SSSR count). The first-order chi connectivity index (χ1) is 17.7. The molecule has 3 N–H and O–H groups in total. The SMILES string of the molecule is CCCC(=O)Nc1cncc(-c2cnc3[nH]nc(-c4nc5c(N6CCCCC6)ccnc5[nH]4)c3c2)c1. The summed E-state index contributed by atoms with van der Waals surface area (Å²) in [5.41, 5.74) is 6.43. The average molecular weight is 482 g/mol. The van der Waals surface area contributed by atoms with Crippen LogP contribution >= 0.6 is 0 Å². The van der Waals surface area contributed by atoms with Crippen molar-refractivity contribution in [1.29, 1.82) is 0 Å². The molecule has 1 aliphatic rings. The van der Waals surface area contributed by atoms with Gasteiger partial charge in [0.05, 0.1) is 23.0 Å². The molecule has 5 aromatic rings. The molecule has 0 saturated carbocycles. The van der Waals surface area contributed by atoms with Gasteiger partial charge in [0.2, 0.25) is 5.91 Å². The second-order valence-corrected chi connectivity index (χ2v) is 9.11. The van der Waals surface area contributed by atoms with Crippen LogP contribution in [0.15, 0.2) is 43.0 Å². The molecule has 1 aliphatic heterocycles. The van der Waals surface area contributed by atoms with E-state index in [0.29, 0.717) is 29.3 Å². The topological polar surface area (TPSA) is 128 Å². The highest BCUT2D eigenvalue weighted by Gasteiger charge is 2.19. The number of nitrogens with zero attached hydrogens (tertiary/aromatic N) is 6. The summed E-state index contributed by atoms with van der Waals surface area (Å²) in [6.45, 7) is 4.04.